The maximum atomic E-state index is 10.4. The fourth-order valence-corrected chi connectivity index (χ4v) is 0.879. The summed E-state index contributed by atoms with van der Waals surface area (Å²) in [6.45, 7) is 1.44. The normalized spacial score (nSPS) is 10.7. The molecule has 0 saturated heterocycles. The Morgan fingerprint density at radius 3 is 2.30 bits per heavy atom. The van der Waals surface area contributed by atoms with E-state index in [1.165, 1.54) is 6.66 Å². The minimum absolute atomic E-state index is 0.127. The van der Waals surface area contributed by atoms with E-state index in [1.54, 1.807) is 0 Å². The van der Waals surface area contributed by atoms with Gasteiger partial charge in [-0.05, 0) is 0 Å². The van der Waals surface area contributed by atoms with Crippen LogP contribution in [0.5, 0.6) is 0 Å². The van der Waals surface area contributed by atoms with E-state index in [-0.39, 0.29) is 12.6 Å². The number of ketones is 1. The van der Waals surface area contributed by atoms with Crippen molar-refractivity contribution in [1.82, 2.24) is 0 Å². The second kappa shape index (κ2) is 4.12. The summed E-state index contributed by atoms with van der Waals surface area (Å²) < 4.78 is 10.4. The van der Waals surface area contributed by atoms with Crippen LogP contribution in [-0.4, -0.2) is 24.6 Å². The predicted molar refractivity (Wildman–Crippen MR) is 33.0 cm³/mol. The molecule has 0 saturated carbocycles. The molecule has 0 aliphatic heterocycles. The zero-order chi connectivity index (χ0) is 8.15. The molecule has 0 N–H and O–H groups in total. The molecule has 0 aliphatic carbocycles. The van der Waals surface area contributed by atoms with E-state index in [9.17, 15) is 19.3 Å². The number of aliphatic carboxylic acids is 1. The third-order valence-electron chi connectivity index (χ3n) is 0.881. The van der Waals surface area contributed by atoms with E-state index in [0.29, 0.717) is 0 Å². The molecule has 0 spiro atoms. The van der Waals surface area contributed by atoms with Gasteiger partial charge in [-0.1, -0.05) is 4.57 Å². The van der Waals surface area contributed by atoms with Crippen LogP contribution in [0.4, 0.5) is 0 Å². The van der Waals surface area contributed by atoms with Crippen LogP contribution >= 0.6 is 7.80 Å². The Kier molecular flexibility index (Phi) is 3.81. The highest BCUT2D eigenvalue weighted by atomic mass is 31.1. The molecule has 56 valence electrons. The van der Waals surface area contributed by atoms with Crippen LogP contribution < -0.4 is 5.11 Å². The molecule has 0 aromatic carbocycles. The lowest BCUT2D eigenvalue weighted by molar-refractivity contribution is -0.299. The average Bonchev–Trinajstić information content (AvgIpc) is 1.82. The van der Waals surface area contributed by atoms with Crippen molar-refractivity contribution in [2.75, 3.05) is 12.8 Å². The van der Waals surface area contributed by atoms with Gasteiger partial charge in [-0.3, -0.25) is 4.79 Å². The largest absolute Gasteiger partial charge is 0.542 e. The van der Waals surface area contributed by atoms with E-state index < -0.39 is 19.6 Å². The molecule has 4 nitrogen and oxygen atoms in total. The Balaban J connectivity index is 3.60. The van der Waals surface area contributed by atoms with Gasteiger partial charge in [-0.25, -0.2) is 0 Å². The summed E-state index contributed by atoms with van der Waals surface area (Å²) in [5.74, 6) is -2.68. The molecule has 1 atom stereocenters. The molecule has 0 aliphatic rings. The van der Waals surface area contributed by atoms with Gasteiger partial charge in [0.15, 0.2) is 11.9 Å². The van der Waals surface area contributed by atoms with Crippen molar-refractivity contribution in [2.45, 2.75) is 6.42 Å². The number of carboxylic acid groups (broad SMARTS) is 1. The van der Waals surface area contributed by atoms with Crippen LogP contribution in [0, 0.1) is 0 Å². The molecular weight excluding hydrogens is 155 g/mol. The third-order valence-corrected chi connectivity index (χ3v) is 1.73. The van der Waals surface area contributed by atoms with Crippen LogP contribution in [0.2, 0.25) is 0 Å². The number of carbonyl (C=O) groups excluding carboxylic acids is 2. The fraction of sp³-hybridized carbons (Fsp3) is 0.600. The second-order valence-electron chi connectivity index (χ2n) is 1.81. The lowest BCUT2D eigenvalue weighted by Gasteiger charge is -1.93. The van der Waals surface area contributed by atoms with Gasteiger partial charge in [0, 0.05) is 0 Å². The van der Waals surface area contributed by atoms with Gasteiger partial charge in [-0.15, -0.1) is 0 Å². The van der Waals surface area contributed by atoms with Crippen LogP contribution in [-0.2, 0) is 14.2 Å². The summed E-state index contributed by atoms with van der Waals surface area (Å²) in [5.41, 5.74) is 0. The van der Waals surface area contributed by atoms with Crippen molar-refractivity contribution in [3.05, 3.63) is 0 Å². The van der Waals surface area contributed by atoms with Crippen LogP contribution in [0.25, 0.3) is 0 Å². The molecule has 1 unspecified atom stereocenters. The number of rotatable bonds is 4. The van der Waals surface area contributed by atoms with Crippen molar-refractivity contribution in [1.29, 1.82) is 0 Å². The van der Waals surface area contributed by atoms with E-state index in [2.05, 4.69) is 0 Å². The SMILES string of the molecule is C[P+](=O)CCC(=O)C(=O)[O-]. The zero-order valence-electron chi connectivity index (χ0n) is 5.49. The van der Waals surface area contributed by atoms with Gasteiger partial charge in [-0.2, -0.15) is 0 Å². The van der Waals surface area contributed by atoms with Gasteiger partial charge >= 0.3 is 7.80 Å². The molecule has 0 bridgehead atoms. The standard InChI is InChI=1S/C5H7O4P/c1-10(9)3-2-4(6)5(7)8/h2-3H2,1H3. The van der Waals surface area contributed by atoms with E-state index in [0.717, 1.165) is 0 Å². The quantitative estimate of drug-likeness (QED) is 0.398. The highest BCUT2D eigenvalue weighted by molar-refractivity contribution is 7.43. The topological polar surface area (TPSA) is 74.3 Å². The number of hydrogen-bond acceptors (Lipinski definition) is 4. The van der Waals surface area contributed by atoms with Crippen LogP contribution in [0.3, 0.4) is 0 Å². The lowest BCUT2D eigenvalue weighted by Crippen LogP contribution is -2.31. The monoisotopic (exact) mass is 162 g/mol. The highest BCUT2D eigenvalue weighted by Gasteiger charge is 2.10. The summed E-state index contributed by atoms with van der Waals surface area (Å²) in [6.07, 6.45) is -0.0593. The molecule has 0 aromatic rings. The minimum Gasteiger partial charge on any atom is -0.542 e. The maximum absolute atomic E-state index is 10.4. The molecule has 10 heavy (non-hydrogen) atoms. The van der Waals surface area contributed by atoms with Crippen molar-refractivity contribution >= 4 is 19.6 Å². The molecule has 0 amide bonds. The van der Waals surface area contributed by atoms with Crippen molar-refractivity contribution < 1.29 is 19.3 Å². The van der Waals surface area contributed by atoms with Crippen LogP contribution in [0.1, 0.15) is 6.42 Å². The van der Waals surface area contributed by atoms with E-state index >= 15 is 0 Å². The predicted octanol–water partition coefficient (Wildman–Crippen LogP) is -0.847. The number of Topliss-reactive ketones (excluding diaryl/α,β-unsaturated/α-hetero) is 1. The van der Waals surface area contributed by atoms with E-state index in [1.807, 2.05) is 0 Å². The summed E-state index contributed by atoms with van der Waals surface area (Å²) in [7, 11) is -1.42. The first-order valence-corrected chi connectivity index (χ1v) is 4.55. The van der Waals surface area contributed by atoms with Gasteiger partial charge in [0.2, 0.25) is 0 Å². The molecule has 0 fully saturated rings. The Morgan fingerprint density at radius 2 is 2.00 bits per heavy atom. The fourth-order valence-electron chi connectivity index (χ4n) is 0.361. The summed E-state index contributed by atoms with van der Waals surface area (Å²) in [5, 5.41) is 9.76. The van der Waals surface area contributed by atoms with E-state index in [4.69, 9.17) is 0 Å². The smallest absolute Gasteiger partial charge is 0.336 e. The molecular formula is C5H7O4P. The van der Waals surface area contributed by atoms with Crippen molar-refractivity contribution in [3.63, 3.8) is 0 Å². The van der Waals surface area contributed by atoms with Crippen molar-refractivity contribution in [3.8, 4) is 0 Å². The first-order chi connectivity index (χ1) is 4.54. The Labute approximate surface area is 59.0 Å². The third kappa shape index (κ3) is 4.15. The summed E-state index contributed by atoms with van der Waals surface area (Å²) >= 11 is 0. The number of carbonyl (C=O) groups is 2. The van der Waals surface area contributed by atoms with Gasteiger partial charge in [0.25, 0.3) is 0 Å². The van der Waals surface area contributed by atoms with Crippen molar-refractivity contribution in [2.24, 2.45) is 0 Å². The average molecular weight is 162 g/mol. The molecule has 0 rings (SSSR count). The molecule has 0 aromatic heterocycles. The summed E-state index contributed by atoms with van der Waals surface area (Å²) in [6, 6.07) is 0. The number of hydrogen-bond donors (Lipinski definition) is 0. The number of carboxylic acids is 1. The van der Waals surface area contributed by atoms with Gasteiger partial charge in [0.05, 0.1) is 6.42 Å². The molecule has 0 heterocycles. The van der Waals surface area contributed by atoms with Crippen LogP contribution in [0.15, 0.2) is 0 Å². The molecule has 5 heteroatoms. The molecule has 0 radical (unpaired) electrons. The first-order valence-electron chi connectivity index (χ1n) is 2.66. The second-order valence-corrected chi connectivity index (χ2v) is 3.52. The zero-order valence-corrected chi connectivity index (χ0v) is 6.39. The Bertz CT molecular complexity index is 174. The Hall–Kier alpha value is -0.760. The maximum Gasteiger partial charge on any atom is 0.336 e. The van der Waals surface area contributed by atoms with Gasteiger partial charge in [0.1, 0.15) is 12.6 Å². The lowest BCUT2D eigenvalue weighted by atomic mass is 10.3. The van der Waals surface area contributed by atoms with Gasteiger partial charge < -0.3 is 9.90 Å². The highest BCUT2D eigenvalue weighted by Crippen LogP contribution is 2.13. The first kappa shape index (κ1) is 9.24. The Morgan fingerprint density at radius 1 is 1.50 bits per heavy atom. The summed E-state index contributed by atoms with van der Waals surface area (Å²) in [4.78, 5) is 20.0. The minimum atomic E-state index is -1.70.